The first-order valence-electron chi connectivity index (χ1n) is 7.32. The molecule has 3 aliphatic rings. The number of allylic oxidation sites excluding steroid dienone is 1. The fraction of sp³-hybridized carbons (Fsp3) is 0.500. The van der Waals surface area contributed by atoms with Crippen LogP contribution < -0.4 is 0 Å². The van der Waals surface area contributed by atoms with Crippen LogP contribution in [0.4, 0.5) is 0 Å². The van der Waals surface area contributed by atoms with Crippen molar-refractivity contribution in [2.75, 3.05) is 0 Å². The molecule has 0 amide bonds. The van der Waals surface area contributed by atoms with Gasteiger partial charge in [-0.25, -0.2) is 0 Å². The number of hydrogen-bond donors (Lipinski definition) is 0. The van der Waals surface area contributed by atoms with Crippen molar-refractivity contribution in [2.24, 2.45) is 17.8 Å². The van der Waals surface area contributed by atoms with E-state index in [1.165, 1.54) is 36.8 Å². The van der Waals surface area contributed by atoms with Crippen LogP contribution in [0.1, 0.15) is 42.4 Å². The SMILES string of the molecule is Cl[SiH](Cl)C1C(C2CC3CCC2C3)=Cc2ccccc21. The molecule has 4 unspecified atom stereocenters. The van der Waals surface area contributed by atoms with Crippen molar-refractivity contribution in [1.82, 2.24) is 0 Å². The molecule has 1 aromatic carbocycles. The van der Waals surface area contributed by atoms with Gasteiger partial charge in [0, 0.05) is 5.54 Å². The summed E-state index contributed by atoms with van der Waals surface area (Å²) in [5.41, 5.74) is 4.70. The van der Waals surface area contributed by atoms with Crippen LogP contribution in [0.15, 0.2) is 29.8 Å². The van der Waals surface area contributed by atoms with Gasteiger partial charge in [0.15, 0.2) is 0 Å². The van der Waals surface area contributed by atoms with Gasteiger partial charge in [0.2, 0.25) is 7.42 Å². The highest BCUT2D eigenvalue weighted by Gasteiger charge is 2.45. The average Bonchev–Trinajstić information content (AvgIpc) is 3.10. The molecule has 4 atom stereocenters. The van der Waals surface area contributed by atoms with Crippen molar-refractivity contribution in [3.8, 4) is 0 Å². The van der Waals surface area contributed by atoms with Gasteiger partial charge in [-0.15, -0.1) is 22.2 Å². The molecule has 2 saturated carbocycles. The minimum Gasteiger partial charge on any atom is -0.149 e. The zero-order valence-electron chi connectivity index (χ0n) is 10.9. The summed E-state index contributed by atoms with van der Waals surface area (Å²) < 4.78 is 0. The maximum atomic E-state index is 6.45. The van der Waals surface area contributed by atoms with Crippen LogP contribution in [0.25, 0.3) is 6.08 Å². The van der Waals surface area contributed by atoms with Crippen molar-refractivity contribution < 1.29 is 0 Å². The highest BCUT2D eigenvalue weighted by molar-refractivity contribution is 7.34. The van der Waals surface area contributed by atoms with Crippen LogP contribution in [0.3, 0.4) is 0 Å². The number of rotatable bonds is 2. The van der Waals surface area contributed by atoms with Crippen LogP contribution in [0.5, 0.6) is 0 Å². The Morgan fingerprint density at radius 2 is 1.89 bits per heavy atom. The third-order valence-electron chi connectivity index (χ3n) is 5.43. The molecule has 0 radical (unpaired) electrons. The van der Waals surface area contributed by atoms with Gasteiger partial charge in [0.05, 0.1) is 0 Å². The topological polar surface area (TPSA) is 0 Å². The number of hydrogen-bond acceptors (Lipinski definition) is 0. The van der Waals surface area contributed by atoms with Crippen LogP contribution in [-0.2, 0) is 0 Å². The van der Waals surface area contributed by atoms with Crippen LogP contribution in [0, 0.1) is 17.8 Å². The minimum atomic E-state index is -1.72. The van der Waals surface area contributed by atoms with E-state index in [9.17, 15) is 0 Å². The van der Waals surface area contributed by atoms with Crippen molar-refractivity contribution in [3.05, 3.63) is 41.0 Å². The molecule has 100 valence electrons. The van der Waals surface area contributed by atoms with Crippen LogP contribution >= 0.6 is 22.2 Å². The Hall–Kier alpha value is -0.243. The van der Waals surface area contributed by atoms with Gasteiger partial charge in [0.1, 0.15) is 0 Å². The second-order valence-corrected chi connectivity index (χ2v) is 11.2. The van der Waals surface area contributed by atoms with E-state index < -0.39 is 7.42 Å². The van der Waals surface area contributed by atoms with Gasteiger partial charge < -0.3 is 0 Å². The van der Waals surface area contributed by atoms with Crippen molar-refractivity contribution in [1.29, 1.82) is 0 Å². The molecule has 0 saturated heterocycles. The quantitative estimate of drug-likeness (QED) is 0.541. The first-order chi connectivity index (χ1) is 9.24. The Morgan fingerprint density at radius 1 is 1.05 bits per heavy atom. The molecule has 0 aliphatic heterocycles. The fourth-order valence-corrected chi connectivity index (χ4v) is 7.54. The molecular formula is C16H18Cl2Si. The number of halogens is 2. The molecule has 0 nitrogen and oxygen atoms in total. The second kappa shape index (κ2) is 4.65. The van der Waals surface area contributed by atoms with E-state index in [2.05, 4.69) is 30.3 Å². The predicted octanol–water partition coefficient (Wildman–Crippen LogP) is 4.84. The molecule has 4 rings (SSSR count). The van der Waals surface area contributed by atoms with Gasteiger partial charge >= 0.3 is 0 Å². The molecule has 0 heterocycles. The van der Waals surface area contributed by atoms with Crippen LogP contribution in [0.2, 0.25) is 0 Å². The minimum absolute atomic E-state index is 0.365. The lowest BCUT2D eigenvalue weighted by molar-refractivity contribution is 0.374. The zero-order chi connectivity index (χ0) is 13.0. The van der Waals surface area contributed by atoms with Crippen molar-refractivity contribution in [3.63, 3.8) is 0 Å². The van der Waals surface area contributed by atoms with E-state index in [-0.39, 0.29) is 0 Å². The molecule has 3 heteroatoms. The largest absolute Gasteiger partial charge is 0.248 e. The summed E-state index contributed by atoms with van der Waals surface area (Å²) in [5, 5.41) is 0. The summed E-state index contributed by atoms with van der Waals surface area (Å²) in [7, 11) is -1.72. The van der Waals surface area contributed by atoms with Gasteiger partial charge in [0.25, 0.3) is 0 Å². The predicted molar refractivity (Wildman–Crippen MR) is 85.0 cm³/mol. The molecule has 1 aromatic rings. The summed E-state index contributed by atoms with van der Waals surface area (Å²) in [6, 6.07) is 8.68. The first kappa shape index (κ1) is 12.5. The van der Waals surface area contributed by atoms with E-state index in [4.69, 9.17) is 22.2 Å². The van der Waals surface area contributed by atoms with E-state index in [1.807, 2.05) is 0 Å². The molecule has 0 N–H and O–H groups in total. The Morgan fingerprint density at radius 3 is 2.58 bits per heavy atom. The lowest BCUT2D eigenvalue weighted by Gasteiger charge is -2.28. The third kappa shape index (κ3) is 1.93. The maximum absolute atomic E-state index is 6.45. The monoisotopic (exact) mass is 308 g/mol. The van der Waals surface area contributed by atoms with Crippen molar-refractivity contribution in [2.45, 2.75) is 31.2 Å². The smallest absolute Gasteiger partial charge is 0.149 e. The summed E-state index contributed by atoms with van der Waals surface area (Å²) in [4.78, 5) is 0. The maximum Gasteiger partial charge on any atom is 0.248 e. The molecule has 0 aromatic heterocycles. The second-order valence-electron chi connectivity index (χ2n) is 6.37. The summed E-state index contributed by atoms with van der Waals surface area (Å²) in [6.07, 6.45) is 8.12. The first-order valence-corrected chi connectivity index (χ1v) is 11.5. The summed E-state index contributed by atoms with van der Waals surface area (Å²) in [5.74, 6) is 2.66. The summed E-state index contributed by atoms with van der Waals surface area (Å²) >= 11 is 12.9. The van der Waals surface area contributed by atoms with Gasteiger partial charge in [-0.3, -0.25) is 0 Å². The Kier molecular flexibility index (Phi) is 3.06. The Bertz CT molecular complexity index is 537. The third-order valence-corrected chi connectivity index (χ3v) is 8.19. The highest BCUT2D eigenvalue weighted by atomic mass is 35.7. The van der Waals surface area contributed by atoms with E-state index in [0.717, 1.165) is 17.8 Å². The van der Waals surface area contributed by atoms with Gasteiger partial charge in [-0.2, -0.15) is 0 Å². The Labute approximate surface area is 125 Å². The lowest BCUT2D eigenvalue weighted by Crippen LogP contribution is -2.21. The molecule has 19 heavy (non-hydrogen) atoms. The number of benzene rings is 1. The van der Waals surface area contributed by atoms with E-state index in [0.29, 0.717) is 5.54 Å². The molecular weight excluding hydrogens is 291 g/mol. The van der Waals surface area contributed by atoms with E-state index >= 15 is 0 Å². The number of fused-ring (bicyclic) bond motifs is 3. The molecule has 2 bridgehead atoms. The van der Waals surface area contributed by atoms with Gasteiger partial charge in [-0.1, -0.05) is 42.3 Å². The van der Waals surface area contributed by atoms with Crippen molar-refractivity contribution >= 4 is 35.7 Å². The van der Waals surface area contributed by atoms with Gasteiger partial charge in [-0.05, 0) is 48.1 Å². The lowest BCUT2D eigenvalue weighted by atomic mass is 9.82. The fourth-order valence-electron chi connectivity index (χ4n) is 4.65. The molecule has 0 spiro atoms. The zero-order valence-corrected chi connectivity index (χ0v) is 13.5. The van der Waals surface area contributed by atoms with E-state index in [1.54, 1.807) is 5.57 Å². The Balaban J connectivity index is 1.72. The standard InChI is InChI=1S/C16H18Cl2Si/c17-19(18)16-13-4-2-1-3-11(13)9-15(16)14-8-10-5-6-12(14)7-10/h1-4,9-10,12,14,16,19H,5-8H2. The molecule has 3 aliphatic carbocycles. The molecule has 2 fully saturated rings. The highest BCUT2D eigenvalue weighted by Crippen LogP contribution is 2.56. The normalized spacial score (nSPS) is 35.8. The van der Waals surface area contributed by atoms with Crippen LogP contribution in [-0.4, -0.2) is 7.42 Å². The average molecular weight is 309 g/mol. The summed E-state index contributed by atoms with van der Waals surface area (Å²) in [6.45, 7) is 0.